The third-order valence-electron chi connectivity index (χ3n) is 6.92. The summed E-state index contributed by atoms with van der Waals surface area (Å²) >= 11 is 0. The number of piperidine rings is 2. The molecule has 0 unspecified atom stereocenters. The minimum atomic E-state index is -5.08. The highest BCUT2D eigenvalue weighted by molar-refractivity contribution is 7.92. The van der Waals surface area contributed by atoms with Crippen molar-refractivity contribution in [3.63, 3.8) is 0 Å². The maximum atomic E-state index is 13.6. The first-order valence-corrected chi connectivity index (χ1v) is 14.5. The van der Waals surface area contributed by atoms with Crippen LogP contribution in [0.2, 0.25) is 0 Å². The highest BCUT2D eigenvalue weighted by Crippen LogP contribution is 2.31. The molecule has 15 heteroatoms. The van der Waals surface area contributed by atoms with Crippen LogP contribution in [-0.2, 0) is 14.8 Å². The molecule has 0 radical (unpaired) electrons. The molecule has 2 aliphatic heterocycles. The Morgan fingerprint density at radius 1 is 1.02 bits per heavy atom. The lowest BCUT2D eigenvalue weighted by molar-refractivity contribution is -0.192. The van der Waals surface area contributed by atoms with Gasteiger partial charge in [0.2, 0.25) is 0 Å². The smallest absolute Gasteiger partial charge is 0.478 e. The number of aromatic carboxylic acids is 1. The summed E-state index contributed by atoms with van der Waals surface area (Å²) in [6, 6.07) is 5.94. The Labute approximate surface area is 235 Å². The van der Waals surface area contributed by atoms with E-state index in [2.05, 4.69) is 14.6 Å². The summed E-state index contributed by atoms with van der Waals surface area (Å²) in [6.45, 7) is 4.91. The van der Waals surface area contributed by atoms with Crippen LogP contribution >= 0.6 is 0 Å². The van der Waals surface area contributed by atoms with Crippen LogP contribution in [0.1, 0.15) is 48.9 Å². The van der Waals surface area contributed by atoms with Crippen LogP contribution in [0.25, 0.3) is 0 Å². The Morgan fingerprint density at radius 2 is 1.66 bits per heavy atom. The van der Waals surface area contributed by atoms with Gasteiger partial charge in [-0.2, -0.15) is 13.2 Å². The second kappa shape index (κ2) is 13.9. The quantitative estimate of drug-likeness (QED) is 0.373. The number of rotatable bonds is 8. The monoisotopic (exact) mass is 604 g/mol. The first kappa shape index (κ1) is 32.1. The molecule has 2 aromatic rings. The van der Waals surface area contributed by atoms with E-state index in [1.54, 1.807) is 0 Å². The number of alkyl halides is 3. The van der Waals surface area contributed by atoms with E-state index in [1.165, 1.54) is 56.7 Å². The van der Waals surface area contributed by atoms with Gasteiger partial charge in [0.05, 0.1) is 16.1 Å². The van der Waals surface area contributed by atoms with Gasteiger partial charge >= 0.3 is 18.1 Å². The zero-order chi connectivity index (χ0) is 30.2. The number of nitrogens with zero attached hydrogens (tertiary/aromatic N) is 3. The van der Waals surface area contributed by atoms with Crippen molar-refractivity contribution >= 4 is 33.5 Å². The molecular formula is C26H32F4N4O6S. The normalized spacial score (nSPS) is 16.9. The number of nitrogens with one attached hydrogen (secondary N) is 1. The predicted molar refractivity (Wildman–Crippen MR) is 142 cm³/mol. The molecule has 2 aliphatic rings. The molecule has 41 heavy (non-hydrogen) atoms. The molecule has 2 saturated heterocycles. The zero-order valence-electron chi connectivity index (χ0n) is 22.1. The number of pyridine rings is 1. The fourth-order valence-electron chi connectivity index (χ4n) is 4.72. The van der Waals surface area contributed by atoms with Crippen molar-refractivity contribution in [3.8, 4) is 0 Å². The maximum Gasteiger partial charge on any atom is 0.490 e. The van der Waals surface area contributed by atoms with Crippen LogP contribution in [0, 0.1) is 11.7 Å². The predicted octanol–water partition coefficient (Wildman–Crippen LogP) is 4.45. The number of aromatic nitrogens is 1. The lowest BCUT2D eigenvalue weighted by Gasteiger charge is -2.35. The van der Waals surface area contributed by atoms with Gasteiger partial charge in [-0.05, 0) is 81.9 Å². The van der Waals surface area contributed by atoms with Gasteiger partial charge < -0.3 is 20.0 Å². The maximum absolute atomic E-state index is 13.6. The second-order valence-electron chi connectivity index (χ2n) is 9.89. The van der Waals surface area contributed by atoms with E-state index in [-0.39, 0.29) is 16.1 Å². The van der Waals surface area contributed by atoms with Gasteiger partial charge in [-0.1, -0.05) is 12.5 Å². The van der Waals surface area contributed by atoms with Crippen LogP contribution in [0.15, 0.2) is 41.4 Å². The number of halogens is 4. The van der Waals surface area contributed by atoms with E-state index in [1.807, 2.05) is 4.90 Å². The fraction of sp³-hybridized carbons (Fsp3) is 0.500. The molecule has 10 nitrogen and oxygen atoms in total. The summed E-state index contributed by atoms with van der Waals surface area (Å²) in [6.07, 6.45) is 3.13. The van der Waals surface area contributed by atoms with Crippen molar-refractivity contribution in [1.82, 2.24) is 9.88 Å². The SMILES string of the molecule is O=C(O)C(F)(F)F.O=C(O)c1cnc(N2CCC(CCN3CCCCC3)CC2)c(NS(=O)(=O)c2cccc(F)c2)c1. The number of carbonyl (C=O) groups is 2. The van der Waals surface area contributed by atoms with Gasteiger partial charge in [0, 0.05) is 19.3 Å². The average molecular weight is 605 g/mol. The molecule has 0 spiro atoms. The highest BCUT2D eigenvalue weighted by Gasteiger charge is 2.38. The van der Waals surface area contributed by atoms with Crippen LogP contribution in [0.5, 0.6) is 0 Å². The summed E-state index contributed by atoms with van der Waals surface area (Å²) in [5, 5.41) is 16.5. The van der Waals surface area contributed by atoms with E-state index in [0.717, 1.165) is 37.9 Å². The Hall–Kier alpha value is -3.46. The topological polar surface area (TPSA) is 140 Å². The van der Waals surface area contributed by atoms with Crippen LogP contribution in [-0.4, -0.2) is 79.4 Å². The van der Waals surface area contributed by atoms with Crippen molar-refractivity contribution in [2.45, 2.75) is 49.6 Å². The number of aliphatic carboxylic acids is 1. The first-order valence-electron chi connectivity index (χ1n) is 13.1. The second-order valence-corrected chi connectivity index (χ2v) is 11.6. The number of sulfonamides is 1. The summed E-state index contributed by atoms with van der Waals surface area (Å²) in [5.74, 6) is -3.65. The molecule has 1 aromatic heterocycles. The Balaban J connectivity index is 0.000000587. The van der Waals surface area contributed by atoms with Crippen molar-refractivity contribution in [2.24, 2.45) is 5.92 Å². The van der Waals surface area contributed by atoms with E-state index < -0.39 is 34.0 Å². The average Bonchev–Trinajstić information content (AvgIpc) is 2.92. The van der Waals surface area contributed by atoms with Crippen molar-refractivity contribution in [3.05, 3.63) is 47.9 Å². The van der Waals surface area contributed by atoms with E-state index in [0.29, 0.717) is 24.8 Å². The molecule has 0 aliphatic carbocycles. The third kappa shape index (κ3) is 9.56. The number of carboxylic acid groups (broad SMARTS) is 2. The molecule has 0 saturated carbocycles. The minimum absolute atomic E-state index is 0.0796. The lowest BCUT2D eigenvalue weighted by Crippen LogP contribution is -2.37. The molecule has 4 rings (SSSR count). The number of hydrogen-bond acceptors (Lipinski definition) is 7. The van der Waals surface area contributed by atoms with Gasteiger partial charge in [0.25, 0.3) is 10.0 Å². The van der Waals surface area contributed by atoms with Crippen molar-refractivity contribution < 1.29 is 45.8 Å². The van der Waals surface area contributed by atoms with Gasteiger partial charge in [-0.25, -0.2) is 27.4 Å². The molecule has 1 aromatic carbocycles. The third-order valence-corrected chi connectivity index (χ3v) is 8.29. The van der Waals surface area contributed by atoms with Gasteiger partial charge in [0.15, 0.2) is 5.82 Å². The van der Waals surface area contributed by atoms with Crippen molar-refractivity contribution in [1.29, 1.82) is 0 Å². The molecule has 3 N–H and O–H groups in total. The highest BCUT2D eigenvalue weighted by atomic mass is 32.2. The number of anilines is 2. The minimum Gasteiger partial charge on any atom is -0.478 e. The van der Waals surface area contributed by atoms with Gasteiger partial charge in [0.1, 0.15) is 5.82 Å². The van der Waals surface area contributed by atoms with Crippen LogP contribution in [0.3, 0.4) is 0 Å². The molecule has 0 bridgehead atoms. The fourth-order valence-corrected chi connectivity index (χ4v) is 5.80. The zero-order valence-corrected chi connectivity index (χ0v) is 22.9. The number of carboxylic acids is 2. The Morgan fingerprint density at radius 3 is 2.22 bits per heavy atom. The Kier molecular flexibility index (Phi) is 10.9. The first-order chi connectivity index (χ1) is 19.3. The standard InChI is InChI=1S/C24H31FN4O4S.C2HF3O2/c25-20-5-4-6-21(16-20)34(32,33)27-22-15-19(24(30)31)17-26-23(22)29-13-8-18(9-14-29)7-12-28-10-2-1-3-11-28;3-2(4,5)1(6)7/h4-6,15-18,27H,1-3,7-14H2,(H,30,31);(H,6,7). The summed E-state index contributed by atoms with van der Waals surface area (Å²) in [5.41, 5.74) is -0.0481. The van der Waals surface area contributed by atoms with E-state index in [4.69, 9.17) is 9.90 Å². The van der Waals surface area contributed by atoms with E-state index >= 15 is 0 Å². The summed E-state index contributed by atoms with van der Waals surface area (Å²) in [4.78, 5) is 29.0. The Bertz CT molecular complexity index is 1310. The number of benzene rings is 1. The largest absolute Gasteiger partial charge is 0.490 e. The lowest BCUT2D eigenvalue weighted by atomic mass is 9.93. The number of hydrogen-bond donors (Lipinski definition) is 3. The summed E-state index contributed by atoms with van der Waals surface area (Å²) < 4.78 is 73.5. The summed E-state index contributed by atoms with van der Waals surface area (Å²) in [7, 11) is -4.13. The van der Waals surface area contributed by atoms with Crippen molar-refractivity contribution in [2.75, 3.05) is 42.3 Å². The molecule has 226 valence electrons. The van der Waals surface area contributed by atoms with Gasteiger partial charge in [-0.3, -0.25) is 4.72 Å². The van der Waals surface area contributed by atoms with E-state index in [9.17, 15) is 35.9 Å². The van der Waals surface area contributed by atoms with Crippen LogP contribution < -0.4 is 9.62 Å². The van der Waals surface area contributed by atoms with Gasteiger partial charge in [-0.15, -0.1) is 0 Å². The molecule has 0 atom stereocenters. The molecular weight excluding hydrogens is 572 g/mol. The molecule has 2 fully saturated rings. The van der Waals surface area contributed by atoms with Crippen LogP contribution in [0.4, 0.5) is 29.1 Å². The molecule has 0 amide bonds. The number of likely N-dealkylation sites (tertiary alicyclic amines) is 1. The molecule has 3 heterocycles.